The highest BCUT2D eigenvalue weighted by atomic mass is 32.2. The highest BCUT2D eigenvalue weighted by molar-refractivity contribution is 7.89. The van der Waals surface area contributed by atoms with Gasteiger partial charge in [-0.05, 0) is 74.3 Å². The molecule has 1 aliphatic rings. The zero-order valence-corrected chi connectivity index (χ0v) is 15.3. The lowest BCUT2D eigenvalue weighted by atomic mass is 10.1. The van der Waals surface area contributed by atoms with Crippen molar-refractivity contribution in [1.29, 1.82) is 0 Å². The summed E-state index contributed by atoms with van der Waals surface area (Å²) in [5.74, 6) is -0.328. The van der Waals surface area contributed by atoms with Crippen molar-refractivity contribution in [3.05, 3.63) is 65.0 Å². The van der Waals surface area contributed by atoms with E-state index in [4.69, 9.17) is 0 Å². The van der Waals surface area contributed by atoms with Crippen LogP contribution in [0, 0.1) is 5.82 Å². The Labute approximate surface area is 148 Å². The second kappa shape index (κ2) is 7.23. The SMILES string of the molecule is CN(C)[C@H](CNS(=O)(=O)c1ccc2c(c1)CCC2)c1cccc(F)c1. The second-order valence-corrected chi connectivity index (χ2v) is 8.44. The van der Waals surface area contributed by atoms with Gasteiger partial charge in [-0.1, -0.05) is 18.2 Å². The average Bonchev–Trinajstić information content (AvgIpc) is 3.02. The number of sulfonamides is 1. The molecule has 0 spiro atoms. The molecule has 1 atom stereocenters. The molecule has 134 valence electrons. The first-order valence-corrected chi connectivity index (χ1v) is 9.88. The number of rotatable bonds is 6. The predicted molar refractivity (Wildman–Crippen MR) is 96.5 cm³/mol. The standard InChI is InChI=1S/C19H23FN2O2S/c1-22(2)19(16-7-4-8-17(20)11-16)13-21-25(23,24)18-10-9-14-5-3-6-15(14)12-18/h4,7-12,19,21H,3,5-6,13H2,1-2H3/t19-/m1/s1. The molecule has 2 aromatic rings. The van der Waals surface area contributed by atoms with Crippen molar-refractivity contribution in [3.63, 3.8) is 0 Å². The quantitative estimate of drug-likeness (QED) is 0.860. The van der Waals surface area contributed by atoms with E-state index < -0.39 is 10.0 Å². The third-order valence-electron chi connectivity index (χ3n) is 4.70. The van der Waals surface area contributed by atoms with Crippen molar-refractivity contribution >= 4 is 10.0 Å². The van der Waals surface area contributed by atoms with Crippen LogP contribution in [0.15, 0.2) is 47.4 Å². The van der Waals surface area contributed by atoms with Gasteiger partial charge in [-0.2, -0.15) is 0 Å². The molecule has 0 amide bonds. The maximum Gasteiger partial charge on any atom is 0.240 e. The van der Waals surface area contributed by atoms with Crippen LogP contribution in [0.25, 0.3) is 0 Å². The highest BCUT2D eigenvalue weighted by Crippen LogP contribution is 2.25. The molecule has 6 heteroatoms. The van der Waals surface area contributed by atoms with Crippen LogP contribution in [0.5, 0.6) is 0 Å². The Morgan fingerprint density at radius 2 is 1.88 bits per heavy atom. The second-order valence-electron chi connectivity index (χ2n) is 6.67. The van der Waals surface area contributed by atoms with Crippen LogP contribution >= 0.6 is 0 Å². The summed E-state index contributed by atoms with van der Waals surface area (Å²) in [7, 11) is 0.0940. The van der Waals surface area contributed by atoms with Gasteiger partial charge in [0.1, 0.15) is 5.82 Å². The lowest BCUT2D eigenvalue weighted by Crippen LogP contribution is -2.34. The van der Waals surface area contributed by atoms with Crippen molar-refractivity contribution in [2.75, 3.05) is 20.6 Å². The molecule has 0 bridgehead atoms. The molecule has 1 aliphatic carbocycles. The molecule has 1 N–H and O–H groups in total. The van der Waals surface area contributed by atoms with E-state index in [9.17, 15) is 12.8 Å². The predicted octanol–water partition coefficient (Wildman–Crippen LogP) is 2.90. The van der Waals surface area contributed by atoms with Crippen LogP contribution in [-0.4, -0.2) is 34.0 Å². The van der Waals surface area contributed by atoms with Crippen LogP contribution in [0.4, 0.5) is 4.39 Å². The maximum atomic E-state index is 13.5. The summed E-state index contributed by atoms with van der Waals surface area (Å²) in [6.07, 6.45) is 3.03. The van der Waals surface area contributed by atoms with Gasteiger partial charge >= 0.3 is 0 Å². The maximum absolute atomic E-state index is 13.5. The minimum atomic E-state index is -3.60. The molecule has 25 heavy (non-hydrogen) atoms. The number of hydrogen-bond donors (Lipinski definition) is 1. The summed E-state index contributed by atoms with van der Waals surface area (Å²) in [5, 5.41) is 0. The van der Waals surface area contributed by atoms with E-state index in [1.165, 1.54) is 17.7 Å². The fraction of sp³-hybridized carbons (Fsp3) is 0.368. The van der Waals surface area contributed by atoms with E-state index in [2.05, 4.69) is 4.72 Å². The van der Waals surface area contributed by atoms with Crippen molar-refractivity contribution in [2.45, 2.75) is 30.2 Å². The van der Waals surface area contributed by atoms with Crippen LogP contribution in [0.3, 0.4) is 0 Å². The molecule has 2 aromatic carbocycles. The van der Waals surface area contributed by atoms with E-state index in [0.717, 1.165) is 30.4 Å². The van der Waals surface area contributed by atoms with Crippen LogP contribution in [0.2, 0.25) is 0 Å². The highest BCUT2D eigenvalue weighted by Gasteiger charge is 2.21. The number of benzene rings is 2. The molecule has 0 radical (unpaired) electrons. The molecule has 0 unspecified atom stereocenters. The number of nitrogens with one attached hydrogen (secondary N) is 1. The Hall–Kier alpha value is -1.76. The molecular formula is C19H23FN2O2S. The first-order valence-electron chi connectivity index (χ1n) is 8.40. The molecule has 0 saturated heterocycles. The van der Waals surface area contributed by atoms with Crippen LogP contribution in [0.1, 0.15) is 29.2 Å². The monoisotopic (exact) mass is 362 g/mol. The third-order valence-corrected chi connectivity index (χ3v) is 6.13. The summed E-state index contributed by atoms with van der Waals surface area (Å²) in [5.41, 5.74) is 3.10. The summed E-state index contributed by atoms with van der Waals surface area (Å²) < 4.78 is 41.5. The van der Waals surface area contributed by atoms with E-state index >= 15 is 0 Å². The minimum Gasteiger partial charge on any atom is -0.301 e. The Balaban J connectivity index is 1.78. The van der Waals surface area contributed by atoms with Gasteiger partial charge in [0.2, 0.25) is 10.0 Å². The summed E-state index contributed by atoms with van der Waals surface area (Å²) >= 11 is 0. The molecule has 0 aliphatic heterocycles. The van der Waals surface area contributed by atoms with Crippen molar-refractivity contribution in [2.24, 2.45) is 0 Å². The summed E-state index contributed by atoms with van der Waals surface area (Å²) in [6, 6.07) is 11.4. The van der Waals surface area contributed by atoms with Gasteiger partial charge in [0, 0.05) is 12.6 Å². The minimum absolute atomic E-state index is 0.176. The lowest BCUT2D eigenvalue weighted by Gasteiger charge is -2.25. The first kappa shape index (κ1) is 18.0. The third kappa shape index (κ3) is 4.08. The van der Waals surface area contributed by atoms with Crippen LogP contribution < -0.4 is 4.72 Å². The topological polar surface area (TPSA) is 49.4 Å². The number of hydrogen-bond acceptors (Lipinski definition) is 3. The van der Waals surface area contributed by atoms with E-state index in [1.54, 1.807) is 24.3 Å². The first-order chi connectivity index (χ1) is 11.9. The van der Waals surface area contributed by atoms with Gasteiger partial charge in [-0.3, -0.25) is 0 Å². The smallest absolute Gasteiger partial charge is 0.240 e. The lowest BCUT2D eigenvalue weighted by molar-refractivity contribution is 0.299. The molecule has 0 fully saturated rings. The van der Waals surface area contributed by atoms with Crippen LogP contribution in [-0.2, 0) is 22.9 Å². The molecule has 0 aromatic heterocycles. The summed E-state index contributed by atoms with van der Waals surface area (Å²) in [6.45, 7) is 0.176. The molecule has 0 saturated carbocycles. The van der Waals surface area contributed by atoms with Gasteiger partial charge in [0.15, 0.2) is 0 Å². The van der Waals surface area contributed by atoms with Gasteiger partial charge in [0.05, 0.1) is 4.90 Å². The number of likely N-dealkylation sites (N-methyl/N-ethyl adjacent to an activating group) is 1. The van der Waals surface area contributed by atoms with Crippen molar-refractivity contribution in [3.8, 4) is 0 Å². The average molecular weight is 362 g/mol. The van der Waals surface area contributed by atoms with Gasteiger partial charge < -0.3 is 4.90 Å². The fourth-order valence-corrected chi connectivity index (χ4v) is 4.39. The van der Waals surface area contributed by atoms with Gasteiger partial charge in [-0.15, -0.1) is 0 Å². The normalized spacial score (nSPS) is 15.4. The zero-order chi connectivity index (χ0) is 18.0. The Kier molecular flexibility index (Phi) is 5.22. The van der Waals surface area contributed by atoms with E-state index in [1.807, 2.05) is 25.1 Å². The number of halogens is 1. The Morgan fingerprint density at radius 3 is 2.60 bits per heavy atom. The molecule has 3 rings (SSSR count). The fourth-order valence-electron chi connectivity index (χ4n) is 3.30. The summed E-state index contributed by atoms with van der Waals surface area (Å²) in [4.78, 5) is 2.17. The van der Waals surface area contributed by atoms with Gasteiger partial charge in [-0.25, -0.2) is 17.5 Å². The van der Waals surface area contributed by atoms with E-state index in [0.29, 0.717) is 4.90 Å². The number of aryl methyl sites for hydroxylation is 2. The molecule has 4 nitrogen and oxygen atoms in total. The number of fused-ring (bicyclic) bond motifs is 1. The Bertz CT molecular complexity index is 865. The van der Waals surface area contributed by atoms with Crippen molar-refractivity contribution < 1.29 is 12.8 Å². The van der Waals surface area contributed by atoms with E-state index in [-0.39, 0.29) is 18.4 Å². The van der Waals surface area contributed by atoms with Gasteiger partial charge in [0.25, 0.3) is 0 Å². The Morgan fingerprint density at radius 1 is 1.12 bits per heavy atom. The molecule has 0 heterocycles. The molecular weight excluding hydrogens is 339 g/mol. The number of nitrogens with zero attached hydrogens (tertiary/aromatic N) is 1. The zero-order valence-electron chi connectivity index (χ0n) is 14.5. The van der Waals surface area contributed by atoms with Crippen molar-refractivity contribution in [1.82, 2.24) is 9.62 Å². The largest absolute Gasteiger partial charge is 0.301 e.